The second-order valence-electron chi connectivity index (χ2n) is 5.57. The largest absolute Gasteiger partial charge is 0.465 e. The fraction of sp³-hybridized carbons (Fsp3) is 0.353. The number of hydrogen-bond acceptors (Lipinski definition) is 7. The minimum Gasteiger partial charge on any atom is -0.465 e. The van der Waals surface area contributed by atoms with Crippen molar-refractivity contribution in [1.29, 1.82) is 0 Å². The van der Waals surface area contributed by atoms with Crippen LogP contribution in [0.4, 0.5) is 17.3 Å². The number of rotatable bonds is 8. The molecular formula is C17H23N5O2. The summed E-state index contributed by atoms with van der Waals surface area (Å²) in [6, 6.07) is 8.87. The molecule has 2 N–H and O–H groups in total. The predicted octanol–water partition coefficient (Wildman–Crippen LogP) is 2.37. The Labute approximate surface area is 142 Å². The fourth-order valence-corrected chi connectivity index (χ4v) is 2.09. The molecule has 128 valence electrons. The van der Waals surface area contributed by atoms with Gasteiger partial charge in [0.05, 0.1) is 12.7 Å². The number of ether oxygens (including phenoxy) is 1. The molecule has 0 aliphatic carbocycles. The van der Waals surface area contributed by atoms with Gasteiger partial charge >= 0.3 is 5.97 Å². The Morgan fingerprint density at radius 2 is 1.88 bits per heavy atom. The maximum atomic E-state index is 11.4. The van der Waals surface area contributed by atoms with E-state index in [0.29, 0.717) is 11.4 Å². The van der Waals surface area contributed by atoms with Gasteiger partial charge < -0.3 is 20.3 Å². The van der Waals surface area contributed by atoms with Crippen molar-refractivity contribution in [3.63, 3.8) is 0 Å². The summed E-state index contributed by atoms with van der Waals surface area (Å²) in [4.78, 5) is 22.0. The number of nitrogens with zero attached hydrogens (tertiary/aromatic N) is 3. The maximum Gasteiger partial charge on any atom is 0.337 e. The van der Waals surface area contributed by atoms with E-state index in [1.54, 1.807) is 24.3 Å². The van der Waals surface area contributed by atoms with Crippen LogP contribution in [0.1, 0.15) is 16.8 Å². The summed E-state index contributed by atoms with van der Waals surface area (Å²) in [6.07, 6.45) is 2.55. The molecule has 24 heavy (non-hydrogen) atoms. The lowest BCUT2D eigenvalue weighted by Crippen LogP contribution is -2.16. The summed E-state index contributed by atoms with van der Waals surface area (Å²) in [7, 11) is 5.47. The summed E-state index contributed by atoms with van der Waals surface area (Å²) in [5.74, 6) is 1.11. The molecular weight excluding hydrogens is 306 g/mol. The van der Waals surface area contributed by atoms with Crippen LogP contribution in [-0.2, 0) is 4.74 Å². The van der Waals surface area contributed by atoms with Crippen molar-refractivity contribution in [2.45, 2.75) is 6.42 Å². The van der Waals surface area contributed by atoms with E-state index in [0.717, 1.165) is 31.0 Å². The van der Waals surface area contributed by atoms with Crippen molar-refractivity contribution in [1.82, 2.24) is 14.9 Å². The third-order valence-corrected chi connectivity index (χ3v) is 3.33. The first-order valence-corrected chi connectivity index (χ1v) is 7.74. The summed E-state index contributed by atoms with van der Waals surface area (Å²) >= 11 is 0. The zero-order chi connectivity index (χ0) is 17.4. The number of esters is 1. The van der Waals surface area contributed by atoms with Crippen molar-refractivity contribution >= 4 is 23.3 Å². The number of benzene rings is 1. The lowest BCUT2D eigenvalue weighted by Gasteiger charge is -2.11. The first-order valence-electron chi connectivity index (χ1n) is 7.74. The monoisotopic (exact) mass is 329 g/mol. The Kier molecular flexibility index (Phi) is 6.51. The first kappa shape index (κ1) is 17.7. The van der Waals surface area contributed by atoms with Crippen molar-refractivity contribution in [2.75, 3.05) is 44.9 Å². The molecule has 7 heteroatoms. The number of carbonyl (C=O) groups excluding carboxylic acids is 1. The van der Waals surface area contributed by atoms with Gasteiger partial charge in [0, 0.05) is 18.3 Å². The maximum absolute atomic E-state index is 11.4. The van der Waals surface area contributed by atoms with Gasteiger partial charge in [-0.25, -0.2) is 14.8 Å². The second-order valence-corrected chi connectivity index (χ2v) is 5.57. The molecule has 0 unspecified atom stereocenters. The van der Waals surface area contributed by atoms with Gasteiger partial charge in [0.25, 0.3) is 0 Å². The van der Waals surface area contributed by atoms with E-state index < -0.39 is 0 Å². The summed E-state index contributed by atoms with van der Waals surface area (Å²) in [6.45, 7) is 1.87. The highest BCUT2D eigenvalue weighted by Gasteiger charge is 2.05. The smallest absolute Gasteiger partial charge is 0.337 e. The molecule has 2 rings (SSSR count). The molecule has 0 saturated carbocycles. The Hall–Kier alpha value is -2.67. The number of aromatic nitrogens is 2. The van der Waals surface area contributed by atoms with Crippen molar-refractivity contribution in [2.24, 2.45) is 0 Å². The fourth-order valence-electron chi connectivity index (χ4n) is 2.09. The normalized spacial score (nSPS) is 10.5. The van der Waals surface area contributed by atoms with E-state index in [2.05, 4.69) is 44.3 Å². The molecule has 0 aliphatic heterocycles. The molecule has 1 aromatic carbocycles. The lowest BCUT2D eigenvalue weighted by molar-refractivity contribution is 0.0601. The molecule has 2 aromatic rings. The molecule has 0 radical (unpaired) electrons. The number of carbonyl (C=O) groups is 1. The average molecular weight is 329 g/mol. The number of methoxy groups -OCH3 is 1. The van der Waals surface area contributed by atoms with Crippen LogP contribution >= 0.6 is 0 Å². The van der Waals surface area contributed by atoms with Gasteiger partial charge in [0.2, 0.25) is 0 Å². The quantitative estimate of drug-likeness (QED) is 0.568. The third-order valence-electron chi connectivity index (χ3n) is 3.33. The highest BCUT2D eigenvalue weighted by molar-refractivity contribution is 5.89. The number of anilines is 3. The Morgan fingerprint density at radius 1 is 1.17 bits per heavy atom. The van der Waals surface area contributed by atoms with Crippen LogP contribution in [0.3, 0.4) is 0 Å². The average Bonchev–Trinajstić information content (AvgIpc) is 2.59. The summed E-state index contributed by atoms with van der Waals surface area (Å²) < 4.78 is 4.68. The van der Waals surface area contributed by atoms with Gasteiger partial charge in [-0.2, -0.15) is 0 Å². The van der Waals surface area contributed by atoms with Crippen LogP contribution in [-0.4, -0.2) is 55.1 Å². The summed E-state index contributed by atoms with van der Waals surface area (Å²) in [5.41, 5.74) is 1.34. The van der Waals surface area contributed by atoms with E-state index in [1.165, 1.54) is 13.4 Å². The number of nitrogens with one attached hydrogen (secondary N) is 2. The van der Waals surface area contributed by atoms with Gasteiger partial charge in [-0.05, 0) is 51.3 Å². The standard InChI is InChI=1S/C17H23N5O2/c1-22(2)10-4-9-18-15-11-16(20-12-19-15)21-14-7-5-13(6-8-14)17(23)24-3/h5-8,11-12H,4,9-10H2,1-3H3,(H2,18,19,20,21). The van der Waals surface area contributed by atoms with Crippen LogP contribution < -0.4 is 10.6 Å². The molecule has 0 atom stereocenters. The van der Waals surface area contributed by atoms with Crippen LogP contribution in [0.15, 0.2) is 36.7 Å². The number of hydrogen-bond donors (Lipinski definition) is 2. The molecule has 1 aromatic heterocycles. The minimum atomic E-state index is -0.354. The van der Waals surface area contributed by atoms with E-state index in [4.69, 9.17) is 0 Å². The van der Waals surface area contributed by atoms with Crippen LogP contribution in [0.25, 0.3) is 0 Å². The van der Waals surface area contributed by atoms with Crippen molar-refractivity contribution in [3.8, 4) is 0 Å². The van der Waals surface area contributed by atoms with E-state index in [-0.39, 0.29) is 5.97 Å². The zero-order valence-electron chi connectivity index (χ0n) is 14.2. The van der Waals surface area contributed by atoms with Crippen molar-refractivity contribution < 1.29 is 9.53 Å². The predicted molar refractivity (Wildman–Crippen MR) is 94.8 cm³/mol. The van der Waals surface area contributed by atoms with Gasteiger partial charge in [0.15, 0.2) is 0 Å². The zero-order valence-corrected chi connectivity index (χ0v) is 14.2. The van der Waals surface area contributed by atoms with Gasteiger partial charge in [-0.15, -0.1) is 0 Å². The SMILES string of the molecule is COC(=O)c1ccc(Nc2cc(NCCCN(C)C)ncn2)cc1. The Balaban J connectivity index is 1.92. The highest BCUT2D eigenvalue weighted by Crippen LogP contribution is 2.17. The van der Waals surface area contributed by atoms with Crippen LogP contribution in [0, 0.1) is 0 Å². The minimum absolute atomic E-state index is 0.354. The Bertz CT molecular complexity index is 658. The molecule has 0 bridgehead atoms. The molecule has 0 fully saturated rings. The molecule has 1 heterocycles. The molecule has 7 nitrogen and oxygen atoms in total. The highest BCUT2D eigenvalue weighted by atomic mass is 16.5. The molecule has 0 saturated heterocycles. The van der Waals surface area contributed by atoms with Crippen LogP contribution in [0.2, 0.25) is 0 Å². The molecule has 0 aliphatic rings. The van der Waals surface area contributed by atoms with E-state index in [1.807, 2.05) is 6.07 Å². The summed E-state index contributed by atoms with van der Waals surface area (Å²) in [5, 5.41) is 6.46. The van der Waals surface area contributed by atoms with Gasteiger partial charge in [-0.1, -0.05) is 0 Å². The van der Waals surface area contributed by atoms with Crippen molar-refractivity contribution in [3.05, 3.63) is 42.2 Å². The van der Waals surface area contributed by atoms with E-state index >= 15 is 0 Å². The lowest BCUT2D eigenvalue weighted by atomic mass is 10.2. The third kappa shape index (κ3) is 5.51. The molecule has 0 spiro atoms. The van der Waals surface area contributed by atoms with Gasteiger partial charge in [-0.3, -0.25) is 0 Å². The topological polar surface area (TPSA) is 79.4 Å². The first-order chi connectivity index (χ1) is 11.6. The second kappa shape index (κ2) is 8.83. The van der Waals surface area contributed by atoms with Crippen LogP contribution in [0.5, 0.6) is 0 Å². The Morgan fingerprint density at radius 3 is 2.54 bits per heavy atom. The van der Waals surface area contributed by atoms with Gasteiger partial charge in [0.1, 0.15) is 18.0 Å². The van der Waals surface area contributed by atoms with E-state index in [9.17, 15) is 4.79 Å². The molecule has 0 amide bonds.